The van der Waals surface area contributed by atoms with Crippen molar-refractivity contribution in [2.24, 2.45) is 7.05 Å². The molecule has 1 aromatic heterocycles. The first-order valence-electron chi connectivity index (χ1n) is 4.97. The number of carbonyl (C=O) groups is 2. The highest BCUT2D eigenvalue weighted by atomic mass is 16.2. The van der Waals surface area contributed by atoms with Crippen LogP contribution in [0.5, 0.6) is 0 Å². The Hall–Kier alpha value is -1.65. The number of hydrogen-bond acceptors (Lipinski definition) is 3. The van der Waals surface area contributed by atoms with Crippen LogP contribution in [0.1, 0.15) is 23.5 Å². The molecule has 5 nitrogen and oxygen atoms in total. The predicted octanol–water partition coefficient (Wildman–Crippen LogP) is 0.225. The summed E-state index contributed by atoms with van der Waals surface area (Å²) in [5.74, 6) is 0.365. The van der Waals surface area contributed by atoms with Gasteiger partial charge in [-0.15, -0.1) is 0 Å². The number of rotatable bonds is 1. The Morgan fingerprint density at radius 2 is 2.33 bits per heavy atom. The summed E-state index contributed by atoms with van der Waals surface area (Å²) in [6.45, 7) is 0.878. The van der Waals surface area contributed by atoms with Gasteiger partial charge in [0.2, 0.25) is 0 Å². The molecule has 0 spiro atoms. The monoisotopic (exact) mass is 207 g/mol. The minimum absolute atomic E-state index is 0.129. The first-order chi connectivity index (χ1) is 7.18. The van der Waals surface area contributed by atoms with E-state index in [-0.39, 0.29) is 18.2 Å². The minimum Gasteiger partial charge on any atom is -0.330 e. The molecule has 1 saturated heterocycles. The lowest BCUT2D eigenvalue weighted by molar-refractivity contribution is -0.121. The molecule has 0 atom stereocenters. The molecule has 1 aliphatic rings. The number of nitrogens with zero attached hydrogens (tertiary/aromatic N) is 3. The van der Waals surface area contributed by atoms with E-state index in [2.05, 4.69) is 4.98 Å². The molecular formula is C10H13N3O2. The Morgan fingerprint density at radius 3 is 2.93 bits per heavy atom. The van der Waals surface area contributed by atoms with Crippen LogP contribution in [0, 0.1) is 0 Å². The van der Waals surface area contributed by atoms with Gasteiger partial charge in [0, 0.05) is 32.4 Å². The molecule has 1 aromatic rings. The second-order valence-electron chi connectivity index (χ2n) is 3.73. The van der Waals surface area contributed by atoms with Gasteiger partial charge in [0.1, 0.15) is 0 Å². The van der Waals surface area contributed by atoms with Gasteiger partial charge in [0.05, 0.1) is 6.54 Å². The fraction of sp³-hybridized carbons (Fsp3) is 0.500. The molecule has 2 heterocycles. The molecule has 0 radical (unpaired) electrons. The van der Waals surface area contributed by atoms with E-state index in [1.807, 2.05) is 0 Å². The number of Topliss-reactive ketones (excluding diaryl/α,β-unsaturated/α-hetero) is 1. The maximum absolute atomic E-state index is 11.9. The maximum Gasteiger partial charge on any atom is 0.290 e. The molecule has 2 rings (SSSR count). The number of ketones is 1. The van der Waals surface area contributed by atoms with Gasteiger partial charge in [0.25, 0.3) is 5.91 Å². The molecule has 0 aliphatic carbocycles. The zero-order chi connectivity index (χ0) is 10.8. The van der Waals surface area contributed by atoms with Crippen molar-refractivity contribution in [1.82, 2.24) is 14.5 Å². The number of amides is 1. The van der Waals surface area contributed by atoms with Gasteiger partial charge in [-0.25, -0.2) is 4.98 Å². The predicted molar refractivity (Wildman–Crippen MR) is 53.4 cm³/mol. The van der Waals surface area contributed by atoms with Gasteiger partial charge in [-0.2, -0.15) is 0 Å². The molecule has 1 amide bonds. The first kappa shape index (κ1) is 9.89. The third kappa shape index (κ3) is 1.91. The quantitative estimate of drug-likeness (QED) is 0.662. The summed E-state index contributed by atoms with van der Waals surface area (Å²) in [7, 11) is 1.77. The van der Waals surface area contributed by atoms with Crippen molar-refractivity contribution >= 4 is 11.7 Å². The van der Waals surface area contributed by atoms with Gasteiger partial charge in [-0.1, -0.05) is 0 Å². The van der Waals surface area contributed by atoms with Crippen LogP contribution < -0.4 is 0 Å². The van der Waals surface area contributed by atoms with Crippen LogP contribution in [-0.2, 0) is 11.8 Å². The van der Waals surface area contributed by atoms with Crippen LogP contribution >= 0.6 is 0 Å². The Kier molecular flexibility index (Phi) is 2.53. The molecule has 5 heteroatoms. The van der Waals surface area contributed by atoms with Crippen molar-refractivity contribution in [3.05, 3.63) is 18.2 Å². The van der Waals surface area contributed by atoms with E-state index in [1.54, 1.807) is 28.9 Å². The highest BCUT2D eigenvalue weighted by Gasteiger charge is 2.24. The summed E-state index contributed by atoms with van der Waals surface area (Å²) in [5, 5.41) is 0. The molecule has 1 aliphatic heterocycles. The summed E-state index contributed by atoms with van der Waals surface area (Å²) in [4.78, 5) is 28.7. The number of carbonyl (C=O) groups excluding carboxylic acids is 2. The molecule has 80 valence electrons. The van der Waals surface area contributed by atoms with E-state index in [9.17, 15) is 9.59 Å². The van der Waals surface area contributed by atoms with Crippen LogP contribution in [0.15, 0.2) is 12.4 Å². The maximum atomic E-state index is 11.9. The Balaban J connectivity index is 2.14. The molecular weight excluding hydrogens is 194 g/mol. The first-order valence-corrected chi connectivity index (χ1v) is 4.97. The average Bonchev–Trinajstić information content (AvgIpc) is 2.63. The fourth-order valence-electron chi connectivity index (χ4n) is 1.72. The van der Waals surface area contributed by atoms with Gasteiger partial charge in [0.15, 0.2) is 11.6 Å². The van der Waals surface area contributed by atoms with E-state index < -0.39 is 0 Å². The van der Waals surface area contributed by atoms with Crippen LogP contribution in [0.4, 0.5) is 0 Å². The zero-order valence-electron chi connectivity index (χ0n) is 8.64. The lowest BCUT2D eigenvalue weighted by Gasteiger charge is -2.25. The van der Waals surface area contributed by atoms with E-state index in [4.69, 9.17) is 0 Å². The standard InChI is InChI=1S/C10H13N3O2/c1-12-6-4-11-9(12)10(15)13-5-2-3-8(14)7-13/h4,6H,2-3,5,7H2,1H3. The minimum atomic E-state index is -0.157. The second kappa shape index (κ2) is 3.84. The number of hydrogen-bond donors (Lipinski definition) is 0. The Morgan fingerprint density at radius 1 is 1.53 bits per heavy atom. The second-order valence-corrected chi connectivity index (χ2v) is 3.73. The third-order valence-electron chi connectivity index (χ3n) is 2.55. The van der Waals surface area contributed by atoms with Crippen LogP contribution in [0.25, 0.3) is 0 Å². The summed E-state index contributed by atoms with van der Waals surface area (Å²) < 4.78 is 1.67. The summed E-state index contributed by atoms with van der Waals surface area (Å²) >= 11 is 0. The lowest BCUT2D eigenvalue weighted by atomic mass is 10.1. The number of aromatic nitrogens is 2. The molecule has 15 heavy (non-hydrogen) atoms. The van der Waals surface area contributed by atoms with E-state index in [0.29, 0.717) is 18.8 Å². The lowest BCUT2D eigenvalue weighted by Crippen LogP contribution is -2.41. The number of aryl methyl sites for hydroxylation is 1. The van der Waals surface area contributed by atoms with Crippen LogP contribution in [0.3, 0.4) is 0 Å². The third-order valence-corrected chi connectivity index (χ3v) is 2.55. The molecule has 0 saturated carbocycles. The molecule has 0 aromatic carbocycles. The average molecular weight is 207 g/mol. The van der Waals surface area contributed by atoms with Gasteiger partial charge >= 0.3 is 0 Å². The number of piperidine rings is 1. The van der Waals surface area contributed by atoms with E-state index in [0.717, 1.165) is 6.42 Å². The van der Waals surface area contributed by atoms with E-state index >= 15 is 0 Å². The fourth-order valence-corrected chi connectivity index (χ4v) is 1.72. The molecule has 1 fully saturated rings. The topological polar surface area (TPSA) is 55.2 Å². The van der Waals surface area contributed by atoms with Crippen LogP contribution in [0.2, 0.25) is 0 Å². The van der Waals surface area contributed by atoms with Crippen molar-refractivity contribution in [3.63, 3.8) is 0 Å². The molecule has 0 N–H and O–H groups in total. The summed E-state index contributed by atoms with van der Waals surface area (Å²) in [6, 6.07) is 0. The van der Waals surface area contributed by atoms with Crippen LogP contribution in [-0.4, -0.2) is 39.2 Å². The van der Waals surface area contributed by atoms with Gasteiger partial charge < -0.3 is 9.47 Å². The van der Waals surface area contributed by atoms with E-state index in [1.165, 1.54) is 0 Å². The SMILES string of the molecule is Cn1ccnc1C(=O)N1CCCC(=O)C1. The molecule has 0 unspecified atom stereocenters. The zero-order valence-corrected chi connectivity index (χ0v) is 8.64. The van der Waals surface area contributed by atoms with Crippen molar-refractivity contribution in [2.45, 2.75) is 12.8 Å². The molecule has 0 bridgehead atoms. The van der Waals surface area contributed by atoms with Crippen molar-refractivity contribution in [1.29, 1.82) is 0 Å². The van der Waals surface area contributed by atoms with Crippen molar-refractivity contribution in [3.8, 4) is 0 Å². The smallest absolute Gasteiger partial charge is 0.290 e. The number of imidazole rings is 1. The summed E-state index contributed by atoms with van der Waals surface area (Å²) in [5.41, 5.74) is 0. The van der Waals surface area contributed by atoms with Gasteiger partial charge in [-0.3, -0.25) is 9.59 Å². The summed E-state index contributed by atoms with van der Waals surface area (Å²) in [6.07, 6.45) is 4.65. The largest absolute Gasteiger partial charge is 0.330 e. The highest BCUT2D eigenvalue weighted by molar-refractivity contribution is 5.94. The Bertz CT molecular complexity index is 397. The Labute approximate surface area is 87.7 Å². The van der Waals surface area contributed by atoms with Crippen molar-refractivity contribution < 1.29 is 9.59 Å². The number of likely N-dealkylation sites (tertiary alicyclic amines) is 1. The van der Waals surface area contributed by atoms with Crippen molar-refractivity contribution in [2.75, 3.05) is 13.1 Å². The van der Waals surface area contributed by atoms with Gasteiger partial charge in [-0.05, 0) is 6.42 Å². The normalized spacial score (nSPS) is 16.9. The highest BCUT2D eigenvalue weighted by Crippen LogP contribution is 2.09.